The Labute approximate surface area is 153 Å². The Morgan fingerprint density at radius 1 is 1.25 bits per heavy atom. The van der Waals surface area contributed by atoms with E-state index < -0.39 is 0 Å². The summed E-state index contributed by atoms with van der Waals surface area (Å²) >= 11 is 4.99. The van der Waals surface area contributed by atoms with Gasteiger partial charge in [0, 0.05) is 21.0 Å². The lowest BCUT2D eigenvalue weighted by Crippen LogP contribution is -1.97. The molecule has 0 aliphatic carbocycles. The molecule has 0 saturated carbocycles. The molecule has 0 saturated heterocycles. The highest BCUT2D eigenvalue weighted by molar-refractivity contribution is 9.10. The van der Waals surface area contributed by atoms with Gasteiger partial charge >= 0.3 is 0 Å². The van der Waals surface area contributed by atoms with E-state index in [1.165, 1.54) is 11.3 Å². The summed E-state index contributed by atoms with van der Waals surface area (Å²) in [6, 6.07) is 15.9. The van der Waals surface area contributed by atoms with Crippen LogP contribution < -0.4 is 10.2 Å². The van der Waals surface area contributed by atoms with E-state index >= 15 is 0 Å². The van der Waals surface area contributed by atoms with Crippen molar-refractivity contribution in [3.05, 3.63) is 63.9 Å². The van der Waals surface area contributed by atoms with Gasteiger partial charge in [0.25, 0.3) is 0 Å². The molecule has 6 heteroatoms. The summed E-state index contributed by atoms with van der Waals surface area (Å²) in [5.74, 6) is 0.801. The van der Waals surface area contributed by atoms with Crippen molar-refractivity contribution in [2.24, 2.45) is 5.10 Å². The zero-order valence-electron chi connectivity index (χ0n) is 13.1. The molecule has 2 aromatic carbocycles. The highest BCUT2D eigenvalue weighted by Crippen LogP contribution is 2.25. The third-order valence-electron chi connectivity index (χ3n) is 3.21. The first-order valence-corrected chi connectivity index (χ1v) is 9.16. The molecule has 0 bridgehead atoms. The van der Waals surface area contributed by atoms with Crippen molar-refractivity contribution in [1.29, 1.82) is 0 Å². The molecule has 3 aromatic rings. The predicted octanol–water partition coefficient (Wildman–Crippen LogP) is 5.42. The summed E-state index contributed by atoms with van der Waals surface area (Å²) in [4.78, 5) is 4.54. The normalized spacial score (nSPS) is 10.9. The Morgan fingerprint density at radius 3 is 2.88 bits per heavy atom. The predicted molar refractivity (Wildman–Crippen MR) is 104 cm³/mol. The van der Waals surface area contributed by atoms with Crippen molar-refractivity contribution in [2.75, 3.05) is 12.0 Å². The Hall–Kier alpha value is -2.18. The maximum atomic E-state index is 5.60. The smallest absolute Gasteiger partial charge is 0.203 e. The summed E-state index contributed by atoms with van der Waals surface area (Å²) in [6.07, 6.45) is 1.74. The van der Waals surface area contributed by atoms with E-state index in [2.05, 4.69) is 31.4 Å². The lowest BCUT2D eigenvalue weighted by atomic mass is 10.2. The third kappa shape index (κ3) is 4.21. The van der Waals surface area contributed by atoms with Gasteiger partial charge in [-0.3, -0.25) is 5.43 Å². The van der Waals surface area contributed by atoms with E-state index in [4.69, 9.17) is 4.74 Å². The molecular formula is C18H16BrN3OS. The van der Waals surface area contributed by atoms with E-state index in [9.17, 15) is 0 Å². The van der Waals surface area contributed by atoms with E-state index in [1.807, 2.05) is 60.8 Å². The molecular weight excluding hydrogens is 386 g/mol. The van der Waals surface area contributed by atoms with Gasteiger partial charge < -0.3 is 4.74 Å². The van der Waals surface area contributed by atoms with Crippen molar-refractivity contribution in [3.63, 3.8) is 0 Å². The van der Waals surface area contributed by atoms with Crippen LogP contribution in [0.15, 0.2) is 63.5 Å². The Morgan fingerprint density at radius 2 is 2.08 bits per heavy atom. The van der Waals surface area contributed by atoms with E-state index in [0.29, 0.717) is 6.61 Å². The molecule has 0 spiro atoms. The molecule has 0 aliphatic heterocycles. The zero-order valence-corrected chi connectivity index (χ0v) is 15.5. The second kappa shape index (κ2) is 8.08. The average molecular weight is 402 g/mol. The monoisotopic (exact) mass is 401 g/mol. The molecule has 122 valence electrons. The van der Waals surface area contributed by atoms with Crippen LogP contribution in [0, 0.1) is 0 Å². The van der Waals surface area contributed by atoms with Gasteiger partial charge in [-0.2, -0.15) is 5.10 Å². The highest BCUT2D eigenvalue weighted by atomic mass is 79.9. The number of thiazole rings is 1. The number of aromatic nitrogens is 1. The summed E-state index contributed by atoms with van der Waals surface area (Å²) < 4.78 is 6.58. The third-order valence-corrected chi connectivity index (χ3v) is 4.45. The quantitative estimate of drug-likeness (QED) is 0.443. The zero-order chi connectivity index (χ0) is 16.8. The van der Waals surface area contributed by atoms with Crippen LogP contribution >= 0.6 is 27.3 Å². The summed E-state index contributed by atoms with van der Waals surface area (Å²) in [6.45, 7) is 2.57. The molecule has 0 atom stereocenters. The van der Waals surface area contributed by atoms with Crippen LogP contribution in [0.5, 0.6) is 5.75 Å². The number of anilines is 1. The molecule has 1 heterocycles. The SMILES string of the molecule is CCOc1ccc(Br)cc1C=NNc1nc(-c2ccccc2)cs1. The topological polar surface area (TPSA) is 46.5 Å². The second-order valence-electron chi connectivity index (χ2n) is 4.89. The number of nitrogens with one attached hydrogen (secondary N) is 1. The molecule has 0 unspecified atom stereocenters. The number of hydrogen-bond acceptors (Lipinski definition) is 5. The number of rotatable bonds is 6. The minimum absolute atomic E-state index is 0.614. The van der Waals surface area contributed by atoms with Gasteiger partial charge in [0.15, 0.2) is 0 Å². The first-order valence-electron chi connectivity index (χ1n) is 7.48. The van der Waals surface area contributed by atoms with E-state index in [1.54, 1.807) is 6.21 Å². The molecule has 24 heavy (non-hydrogen) atoms. The van der Waals surface area contributed by atoms with Gasteiger partial charge in [0.2, 0.25) is 5.13 Å². The fourth-order valence-electron chi connectivity index (χ4n) is 2.13. The first-order chi connectivity index (χ1) is 11.8. The van der Waals surface area contributed by atoms with Crippen molar-refractivity contribution < 1.29 is 4.74 Å². The van der Waals surface area contributed by atoms with Crippen LogP contribution in [0.3, 0.4) is 0 Å². The van der Waals surface area contributed by atoms with Gasteiger partial charge in [0.05, 0.1) is 18.5 Å². The maximum Gasteiger partial charge on any atom is 0.203 e. The minimum Gasteiger partial charge on any atom is -0.493 e. The van der Waals surface area contributed by atoms with Crippen LogP contribution in [0.1, 0.15) is 12.5 Å². The molecule has 0 fully saturated rings. The van der Waals surface area contributed by atoms with Crippen LogP contribution in [0.2, 0.25) is 0 Å². The van der Waals surface area contributed by atoms with Crippen molar-refractivity contribution in [1.82, 2.24) is 4.98 Å². The molecule has 4 nitrogen and oxygen atoms in total. The lowest BCUT2D eigenvalue weighted by Gasteiger charge is -2.06. The Kier molecular flexibility index (Phi) is 5.61. The van der Waals surface area contributed by atoms with Gasteiger partial charge in [-0.1, -0.05) is 46.3 Å². The molecule has 1 aromatic heterocycles. The number of halogens is 1. The van der Waals surface area contributed by atoms with Crippen LogP contribution in [-0.2, 0) is 0 Å². The maximum absolute atomic E-state index is 5.60. The second-order valence-corrected chi connectivity index (χ2v) is 6.66. The summed E-state index contributed by atoms with van der Waals surface area (Å²) in [5, 5.41) is 7.03. The molecule has 0 radical (unpaired) electrons. The van der Waals surface area contributed by atoms with Crippen LogP contribution in [0.4, 0.5) is 5.13 Å². The molecule has 3 rings (SSSR count). The van der Waals surface area contributed by atoms with Crippen LogP contribution in [-0.4, -0.2) is 17.8 Å². The molecule has 0 aliphatic rings. The van der Waals surface area contributed by atoms with Crippen molar-refractivity contribution in [3.8, 4) is 17.0 Å². The number of hydrazone groups is 1. The Bertz CT molecular complexity index is 833. The van der Waals surface area contributed by atoms with Gasteiger partial charge in [0.1, 0.15) is 5.75 Å². The molecule has 0 amide bonds. The van der Waals surface area contributed by atoms with Crippen molar-refractivity contribution >= 4 is 38.6 Å². The average Bonchev–Trinajstić information content (AvgIpc) is 3.07. The largest absolute Gasteiger partial charge is 0.493 e. The number of ether oxygens (including phenoxy) is 1. The van der Waals surface area contributed by atoms with E-state index in [-0.39, 0.29) is 0 Å². The fourth-order valence-corrected chi connectivity index (χ4v) is 3.18. The Balaban J connectivity index is 1.71. The summed E-state index contributed by atoms with van der Waals surface area (Å²) in [5.41, 5.74) is 5.91. The van der Waals surface area contributed by atoms with Gasteiger partial charge in [-0.05, 0) is 25.1 Å². The van der Waals surface area contributed by atoms with Gasteiger partial charge in [-0.25, -0.2) is 4.98 Å². The fraction of sp³-hybridized carbons (Fsp3) is 0.111. The molecule has 1 N–H and O–H groups in total. The standard InChI is InChI=1S/C18H16BrN3OS/c1-2-23-17-9-8-15(19)10-14(17)11-20-22-18-21-16(12-24-18)13-6-4-3-5-7-13/h3-12H,2H2,1H3,(H,21,22). The number of nitrogens with zero attached hydrogens (tertiary/aromatic N) is 2. The van der Waals surface area contributed by atoms with Crippen LogP contribution in [0.25, 0.3) is 11.3 Å². The first kappa shape index (κ1) is 16.7. The van der Waals surface area contributed by atoms with Gasteiger partial charge in [-0.15, -0.1) is 11.3 Å². The summed E-state index contributed by atoms with van der Waals surface area (Å²) in [7, 11) is 0. The minimum atomic E-state index is 0.614. The number of hydrogen-bond donors (Lipinski definition) is 1. The number of benzene rings is 2. The van der Waals surface area contributed by atoms with E-state index in [0.717, 1.165) is 32.2 Å². The lowest BCUT2D eigenvalue weighted by molar-refractivity contribution is 0.339. The highest BCUT2D eigenvalue weighted by Gasteiger charge is 2.04. The van der Waals surface area contributed by atoms with Crippen molar-refractivity contribution in [2.45, 2.75) is 6.92 Å².